The van der Waals surface area contributed by atoms with Crippen LogP contribution in [0.3, 0.4) is 0 Å². The lowest BCUT2D eigenvalue weighted by Gasteiger charge is -2.12. The maximum Gasteiger partial charge on any atom is 0.266 e. The summed E-state index contributed by atoms with van der Waals surface area (Å²) in [6.07, 6.45) is 5.73. The van der Waals surface area contributed by atoms with Gasteiger partial charge in [0.15, 0.2) is 0 Å². The fraction of sp³-hybridized carbons (Fsp3) is 0.500. The predicted molar refractivity (Wildman–Crippen MR) is 63.1 cm³/mol. The van der Waals surface area contributed by atoms with Crippen LogP contribution in [0.4, 0.5) is 0 Å². The topological polar surface area (TPSA) is 58.7 Å². The van der Waals surface area contributed by atoms with Crippen LogP contribution < -0.4 is 5.56 Å². The summed E-state index contributed by atoms with van der Waals surface area (Å²) in [5, 5.41) is 8.69. The Kier molecular flexibility index (Phi) is 2.78. The molecule has 0 atom stereocenters. The van der Waals surface area contributed by atoms with Gasteiger partial charge in [-0.25, -0.2) is 4.98 Å². The fourth-order valence-electron chi connectivity index (χ4n) is 1.63. The van der Waals surface area contributed by atoms with Crippen LogP contribution in [0.5, 0.6) is 0 Å². The van der Waals surface area contributed by atoms with E-state index in [4.69, 9.17) is 5.26 Å². The first-order chi connectivity index (χ1) is 7.17. The molecule has 1 fully saturated rings. The number of halogens is 1. The molecule has 78 valence electrons. The molecule has 0 aromatic carbocycles. The molecule has 4 nitrogen and oxygen atoms in total. The van der Waals surface area contributed by atoms with Crippen LogP contribution in [-0.4, -0.2) is 9.55 Å². The molecule has 1 aliphatic rings. The lowest BCUT2D eigenvalue weighted by atomic mass is 10.0. The normalized spacial score (nSPS) is 17.1. The Morgan fingerprint density at radius 2 is 2.40 bits per heavy atom. The summed E-state index contributed by atoms with van der Waals surface area (Å²) in [5.41, 5.74) is 0.0415. The SMILES string of the molecule is N#CCC1(Cn2cncc(I)c2=O)CC1. The van der Waals surface area contributed by atoms with E-state index in [1.165, 1.54) is 0 Å². The molecule has 0 saturated heterocycles. The first-order valence-electron chi connectivity index (χ1n) is 4.74. The molecular weight excluding hydrogens is 305 g/mol. The van der Waals surface area contributed by atoms with Gasteiger partial charge in [-0.15, -0.1) is 0 Å². The summed E-state index contributed by atoms with van der Waals surface area (Å²) in [7, 11) is 0. The average molecular weight is 315 g/mol. The number of rotatable bonds is 3. The highest BCUT2D eigenvalue weighted by Crippen LogP contribution is 2.49. The lowest BCUT2D eigenvalue weighted by Crippen LogP contribution is -2.26. The molecule has 0 unspecified atom stereocenters. The van der Waals surface area contributed by atoms with Crippen molar-refractivity contribution >= 4 is 22.6 Å². The fourth-order valence-corrected chi connectivity index (χ4v) is 2.10. The highest BCUT2D eigenvalue weighted by atomic mass is 127. The highest BCUT2D eigenvalue weighted by Gasteiger charge is 2.42. The molecule has 0 amide bonds. The number of nitrogens with zero attached hydrogens (tertiary/aromatic N) is 3. The standard InChI is InChI=1S/C10H10IN3O/c11-8-5-13-7-14(9(8)15)6-10(1-2-10)3-4-12/h5,7H,1-3,6H2. The van der Waals surface area contributed by atoms with E-state index >= 15 is 0 Å². The van der Waals surface area contributed by atoms with Crippen LogP contribution in [0.2, 0.25) is 0 Å². The van der Waals surface area contributed by atoms with Gasteiger partial charge in [-0.05, 0) is 35.4 Å². The molecule has 1 aromatic heterocycles. The molecule has 0 N–H and O–H groups in total. The molecule has 1 saturated carbocycles. The Hall–Kier alpha value is -0.900. The van der Waals surface area contributed by atoms with E-state index in [1.807, 2.05) is 22.6 Å². The third-order valence-corrected chi connectivity index (χ3v) is 3.52. The molecule has 5 heteroatoms. The van der Waals surface area contributed by atoms with Crippen molar-refractivity contribution in [2.24, 2.45) is 5.41 Å². The Balaban J connectivity index is 2.22. The van der Waals surface area contributed by atoms with Crippen molar-refractivity contribution in [1.82, 2.24) is 9.55 Å². The van der Waals surface area contributed by atoms with Crippen LogP contribution in [0, 0.1) is 20.3 Å². The Bertz CT molecular complexity index is 470. The van der Waals surface area contributed by atoms with Crippen LogP contribution in [0.25, 0.3) is 0 Å². The first-order valence-corrected chi connectivity index (χ1v) is 5.82. The highest BCUT2D eigenvalue weighted by molar-refractivity contribution is 14.1. The van der Waals surface area contributed by atoms with E-state index in [-0.39, 0.29) is 11.0 Å². The Labute approximate surface area is 101 Å². The molecule has 1 heterocycles. The van der Waals surface area contributed by atoms with E-state index < -0.39 is 0 Å². The van der Waals surface area contributed by atoms with Crippen molar-refractivity contribution in [2.75, 3.05) is 0 Å². The molecule has 15 heavy (non-hydrogen) atoms. The predicted octanol–water partition coefficient (Wildman–Crippen LogP) is 1.54. The number of hydrogen-bond donors (Lipinski definition) is 0. The van der Waals surface area contributed by atoms with Gasteiger partial charge >= 0.3 is 0 Å². The molecule has 1 aromatic rings. The summed E-state index contributed by atoms with van der Waals surface area (Å²) >= 11 is 1.98. The van der Waals surface area contributed by atoms with E-state index in [0.717, 1.165) is 12.8 Å². The van der Waals surface area contributed by atoms with Crippen LogP contribution >= 0.6 is 22.6 Å². The van der Waals surface area contributed by atoms with Gasteiger partial charge in [0.2, 0.25) is 0 Å². The minimum Gasteiger partial charge on any atom is -0.298 e. The second kappa shape index (κ2) is 3.93. The summed E-state index contributed by atoms with van der Waals surface area (Å²) < 4.78 is 2.24. The van der Waals surface area contributed by atoms with Crippen LogP contribution in [0.1, 0.15) is 19.3 Å². The molecule has 1 aliphatic carbocycles. The van der Waals surface area contributed by atoms with Gasteiger partial charge in [-0.1, -0.05) is 0 Å². The van der Waals surface area contributed by atoms with Gasteiger partial charge < -0.3 is 0 Å². The minimum atomic E-state index is -0.00480. The molecule has 0 bridgehead atoms. The third kappa shape index (κ3) is 2.20. The zero-order valence-corrected chi connectivity index (χ0v) is 10.3. The van der Waals surface area contributed by atoms with Crippen molar-refractivity contribution in [1.29, 1.82) is 5.26 Å². The molecule has 0 spiro atoms. The van der Waals surface area contributed by atoms with Gasteiger partial charge in [0, 0.05) is 24.6 Å². The van der Waals surface area contributed by atoms with E-state index in [1.54, 1.807) is 17.1 Å². The Morgan fingerprint density at radius 3 is 3.00 bits per heavy atom. The second-order valence-electron chi connectivity index (χ2n) is 4.01. The summed E-state index contributed by atoms with van der Waals surface area (Å²) in [4.78, 5) is 15.7. The van der Waals surface area contributed by atoms with E-state index in [2.05, 4.69) is 11.1 Å². The van der Waals surface area contributed by atoms with Crippen LogP contribution in [0.15, 0.2) is 17.3 Å². The zero-order valence-electron chi connectivity index (χ0n) is 8.11. The molecule has 2 rings (SSSR count). The minimum absolute atomic E-state index is 0.00480. The monoisotopic (exact) mass is 315 g/mol. The quantitative estimate of drug-likeness (QED) is 0.795. The van der Waals surface area contributed by atoms with Crippen LogP contribution in [-0.2, 0) is 6.54 Å². The number of hydrogen-bond acceptors (Lipinski definition) is 3. The Morgan fingerprint density at radius 1 is 1.67 bits per heavy atom. The van der Waals surface area contributed by atoms with Crippen molar-refractivity contribution < 1.29 is 0 Å². The van der Waals surface area contributed by atoms with Gasteiger partial charge in [0.05, 0.1) is 16.0 Å². The zero-order chi connectivity index (χ0) is 10.9. The van der Waals surface area contributed by atoms with Gasteiger partial charge in [0.1, 0.15) is 0 Å². The molecule has 0 radical (unpaired) electrons. The molecular formula is C10H10IN3O. The summed E-state index contributed by atoms with van der Waals surface area (Å²) in [6.45, 7) is 0.628. The van der Waals surface area contributed by atoms with Gasteiger partial charge in [-0.2, -0.15) is 5.26 Å². The number of aromatic nitrogens is 2. The van der Waals surface area contributed by atoms with Crippen molar-refractivity contribution in [3.63, 3.8) is 0 Å². The summed E-state index contributed by atoms with van der Waals surface area (Å²) in [6, 6.07) is 2.19. The third-order valence-electron chi connectivity index (χ3n) is 2.78. The maximum atomic E-state index is 11.7. The summed E-state index contributed by atoms with van der Waals surface area (Å²) in [5.74, 6) is 0. The van der Waals surface area contributed by atoms with Crippen molar-refractivity contribution in [3.8, 4) is 6.07 Å². The van der Waals surface area contributed by atoms with E-state index in [9.17, 15) is 4.79 Å². The number of nitriles is 1. The van der Waals surface area contributed by atoms with Crippen molar-refractivity contribution in [3.05, 3.63) is 26.4 Å². The first kappa shape index (κ1) is 10.6. The smallest absolute Gasteiger partial charge is 0.266 e. The van der Waals surface area contributed by atoms with Gasteiger partial charge in [0.25, 0.3) is 5.56 Å². The van der Waals surface area contributed by atoms with Gasteiger partial charge in [-0.3, -0.25) is 9.36 Å². The molecule has 0 aliphatic heterocycles. The average Bonchev–Trinajstić information content (AvgIpc) is 2.94. The largest absolute Gasteiger partial charge is 0.298 e. The van der Waals surface area contributed by atoms with Crippen molar-refractivity contribution in [2.45, 2.75) is 25.8 Å². The second-order valence-corrected chi connectivity index (χ2v) is 5.17. The lowest BCUT2D eigenvalue weighted by molar-refractivity contribution is 0.419. The maximum absolute atomic E-state index is 11.7. The van der Waals surface area contributed by atoms with E-state index in [0.29, 0.717) is 16.5 Å².